The van der Waals surface area contributed by atoms with Crippen LogP contribution in [0, 0.1) is 5.41 Å². The molecule has 0 aliphatic heterocycles. The fourth-order valence-corrected chi connectivity index (χ4v) is 4.72. The van der Waals surface area contributed by atoms with E-state index < -0.39 is 0 Å². The third-order valence-electron chi connectivity index (χ3n) is 6.17. The number of fused-ring (bicyclic) bond motifs is 1. The summed E-state index contributed by atoms with van der Waals surface area (Å²) in [5.41, 5.74) is 9.31. The van der Waals surface area contributed by atoms with Crippen LogP contribution in [0.2, 0.25) is 5.15 Å². The largest absolute Gasteiger partial charge is 0.376 e. The van der Waals surface area contributed by atoms with Gasteiger partial charge in [-0.05, 0) is 24.0 Å². The fraction of sp³-hybridized carbons (Fsp3) is 0.320. The van der Waals surface area contributed by atoms with Crippen molar-refractivity contribution < 1.29 is 9.47 Å². The first-order valence-electron chi connectivity index (χ1n) is 11.0. The molecule has 1 saturated carbocycles. The van der Waals surface area contributed by atoms with Crippen molar-refractivity contribution in [3.63, 3.8) is 0 Å². The van der Waals surface area contributed by atoms with E-state index in [2.05, 4.69) is 39.2 Å². The van der Waals surface area contributed by atoms with Crippen LogP contribution in [0.15, 0.2) is 67.0 Å². The molecule has 0 spiro atoms. The quantitative estimate of drug-likeness (QED) is 0.358. The van der Waals surface area contributed by atoms with Crippen molar-refractivity contribution in [3.8, 4) is 0 Å². The van der Waals surface area contributed by atoms with E-state index in [-0.39, 0.29) is 22.6 Å². The van der Waals surface area contributed by atoms with E-state index in [1.807, 2.05) is 41.0 Å². The molecule has 5 rings (SSSR count). The van der Waals surface area contributed by atoms with Crippen molar-refractivity contribution in [3.05, 3.63) is 83.3 Å². The number of hydrogen-bond acceptors (Lipinski definition) is 6. The van der Waals surface area contributed by atoms with Crippen molar-refractivity contribution >= 4 is 28.7 Å². The molecule has 170 valence electrons. The van der Waals surface area contributed by atoms with Crippen LogP contribution in [0.5, 0.6) is 0 Å². The zero-order chi connectivity index (χ0) is 22.7. The number of nitrogens with zero attached hydrogens (tertiary/aromatic N) is 4. The van der Waals surface area contributed by atoms with Gasteiger partial charge in [0.2, 0.25) is 5.95 Å². The van der Waals surface area contributed by atoms with Crippen molar-refractivity contribution in [2.45, 2.75) is 32.1 Å². The lowest BCUT2D eigenvalue weighted by molar-refractivity contribution is -0.0951. The summed E-state index contributed by atoms with van der Waals surface area (Å²) >= 11 is 6.20. The molecule has 4 aromatic rings. The van der Waals surface area contributed by atoms with Gasteiger partial charge in [0, 0.05) is 11.5 Å². The third-order valence-corrected chi connectivity index (χ3v) is 6.43. The molecule has 33 heavy (non-hydrogen) atoms. The Balaban J connectivity index is 1.27. The van der Waals surface area contributed by atoms with Crippen LogP contribution in [-0.2, 0) is 22.7 Å². The van der Waals surface area contributed by atoms with E-state index >= 15 is 0 Å². The van der Waals surface area contributed by atoms with Gasteiger partial charge in [0.05, 0.1) is 32.8 Å². The normalized spacial score (nSPS) is 15.5. The van der Waals surface area contributed by atoms with Crippen LogP contribution < -0.4 is 5.73 Å². The molecule has 2 N–H and O–H groups in total. The minimum atomic E-state index is -0.0762. The van der Waals surface area contributed by atoms with Gasteiger partial charge in [-0.25, -0.2) is 4.98 Å². The Morgan fingerprint density at radius 1 is 0.909 bits per heavy atom. The molecule has 0 saturated heterocycles. The summed E-state index contributed by atoms with van der Waals surface area (Å²) in [4.78, 5) is 12.8. The first-order valence-corrected chi connectivity index (χ1v) is 11.4. The number of anilines is 1. The van der Waals surface area contributed by atoms with Crippen molar-refractivity contribution in [2.75, 3.05) is 18.9 Å². The number of hydrogen-bond donors (Lipinski definition) is 1. The molecule has 1 fully saturated rings. The summed E-state index contributed by atoms with van der Waals surface area (Å²) < 4.78 is 14.3. The molecule has 0 amide bonds. The van der Waals surface area contributed by atoms with Crippen LogP contribution >= 0.6 is 11.6 Å². The van der Waals surface area contributed by atoms with Gasteiger partial charge in [0.1, 0.15) is 5.52 Å². The summed E-state index contributed by atoms with van der Waals surface area (Å²) in [6, 6.07) is 20.7. The molecular weight excluding hydrogens is 438 g/mol. The highest BCUT2D eigenvalue weighted by Gasteiger charge is 2.46. The highest BCUT2D eigenvalue weighted by molar-refractivity contribution is 6.33. The number of nitrogen functional groups attached to an aromatic ring is 1. The topological polar surface area (TPSA) is 88.1 Å². The summed E-state index contributed by atoms with van der Waals surface area (Å²) in [6.07, 6.45) is 3.56. The van der Waals surface area contributed by atoms with Crippen LogP contribution in [0.25, 0.3) is 11.2 Å². The Kier molecular flexibility index (Phi) is 6.26. The van der Waals surface area contributed by atoms with E-state index in [4.69, 9.17) is 26.8 Å². The van der Waals surface area contributed by atoms with Gasteiger partial charge in [0.25, 0.3) is 0 Å². The minimum Gasteiger partial charge on any atom is -0.376 e. The number of benzene rings is 2. The van der Waals surface area contributed by atoms with Crippen LogP contribution in [0.4, 0.5) is 5.95 Å². The molecule has 0 bridgehead atoms. The standard InChI is InChI=1S/C25H26ClN5O2/c26-22-21-23(30-24(27)29-22)31(17-28-21)20-11-25(12-20,15-32-13-18-7-3-1-4-8-18)16-33-14-19-9-5-2-6-10-19/h1-10,17,20H,11-16H2,(H2,27,29,30). The number of imidazole rings is 1. The van der Waals surface area contributed by atoms with Gasteiger partial charge >= 0.3 is 0 Å². The van der Waals surface area contributed by atoms with E-state index in [0.717, 1.165) is 24.0 Å². The molecule has 2 aromatic heterocycles. The zero-order valence-corrected chi connectivity index (χ0v) is 19.0. The van der Waals surface area contributed by atoms with Gasteiger partial charge in [0.15, 0.2) is 10.8 Å². The first-order chi connectivity index (χ1) is 16.1. The van der Waals surface area contributed by atoms with Crippen molar-refractivity contribution in [2.24, 2.45) is 5.41 Å². The van der Waals surface area contributed by atoms with Crippen LogP contribution in [0.1, 0.15) is 30.0 Å². The molecule has 8 heteroatoms. The summed E-state index contributed by atoms with van der Waals surface area (Å²) in [6.45, 7) is 2.41. The Labute approximate surface area is 197 Å². The molecule has 1 aliphatic carbocycles. The number of ether oxygens (including phenoxy) is 2. The Hall–Kier alpha value is -3.00. The molecule has 0 radical (unpaired) electrons. The highest BCUT2D eigenvalue weighted by atomic mass is 35.5. The number of aromatic nitrogens is 4. The molecule has 2 aromatic carbocycles. The molecular formula is C25H26ClN5O2. The predicted octanol–water partition coefficient (Wildman–Crippen LogP) is 4.82. The van der Waals surface area contributed by atoms with E-state index in [0.29, 0.717) is 37.6 Å². The monoisotopic (exact) mass is 463 g/mol. The first kappa shape index (κ1) is 21.8. The van der Waals surface area contributed by atoms with Crippen molar-refractivity contribution in [1.82, 2.24) is 19.5 Å². The maximum Gasteiger partial charge on any atom is 0.223 e. The lowest BCUT2D eigenvalue weighted by Gasteiger charge is -2.47. The molecule has 1 aliphatic rings. The smallest absolute Gasteiger partial charge is 0.223 e. The van der Waals surface area contributed by atoms with Gasteiger partial charge in [-0.3, -0.25) is 0 Å². The molecule has 2 heterocycles. The summed E-state index contributed by atoms with van der Waals surface area (Å²) in [5.74, 6) is 0.150. The lowest BCUT2D eigenvalue weighted by Crippen LogP contribution is -2.45. The summed E-state index contributed by atoms with van der Waals surface area (Å²) in [7, 11) is 0. The molecule has 0 atom stereocenters. The third kappa shape index (κ3) is 4.85. The minimum absolute atomic E-state index is 0.0762. The second kappa shape index (κ2) is 9.47. The van der Waals surface area contributed by atoms with Gasteiger partial charge in [-0.15, -0.1) is 0 Å². The van der Waals surface area contributed by atoms with E-state index in [9.17, 15) is 0 Å². The van der Waals surface area contributed by atoms with Crippen LogP contribution in [0.3, 0.4) is 0 Å². The molecule has 0 unspecified atom stereocenters. The second-order valence-electron chi connectivity index (χ2n) is 8.72. The Morgan fingerprint density at radius 2 is 1.48 bits per heavy atom. The van der Waals surface area contributed by atoms with Crippen molar-refractivity contribution in [1.29, 1.82) is 0 Å². The number of nitrogens with two attached hydrogens (primary N) is 1. The fourth-order valence-electron chi connectivity index (χ4n) is 4.50. The number of halogens is 1. The van der Waals surface area contributed by atoms with E-state index in [1.54, 1.807) is 6.33 Å². The SMILES string of the molecule is Nc1nc(Cl)c2ncn(C3CC(COCc4ccccc4)(COCc4ccccc4)C3)c2n1. The average molecular weight is 464 g/mol. The van der Waals surface area contributed by atoms with Gasteiger partial charge in [-0.2, -0.15) is 9.97 Å². The van der Waals surface area contributed by atoms with Gasteiger partial charge in [-0.1, -0.05) is 72.3 Å². The lowest BCUT2D eigenvalue weighted by atomic mass is 9.66. The number of rotatable bonds is 9. The Morgan fingerprint density at radius 3 is 2.06 bits per heavy atom. The maximum atomic E-state index is 6.20. The highest BCUT2D eigenvalue weighted by Crippen LogP contribution is 2.50. The average Bonchev–Trinajstić information content (AvgIpc) is 3.22. The molecule has 7 nitrogen and oxygen atoms in total. The van der Waals surface area contributed by atoms with E-state index in [1.165, 1.54) is 0 Å². The zero-order valence-electron chi connectivity index (χ0n) is 18.2. The predicted molar refractivity (Wildman–Crippen MR) is 128 cm³/mol. The van der Waals surface area contributed by atoms with Crippen LogP contribution in [-0.4, -0.2) is 32.7 Å². The summed E-state index contributed by atoms with van der Waals surface area (Å²) in [5, 5.41) is 0.277. The maximum absolute atomic E-state index is 6.20. The Bertz CT molecular complexity index is 1160. The van der Waals surface area contributed by atoms with Gasteiger partial charge < -0.3 is 19.8 Å². The second-order valence-corrected chi connectivity index (χ2v) is 9.07.